The zero-order chi connectivity index (χ0) is 20.8. The SMILES string of the molecule is CC(=O)Nc1ccc(N/C=C(/C#N)c2nc(-c3cccc([N+](=O)[O-])c3)cs2)cc1. The maximum atomic E-state index is 11.1. The van der Waals surface area contributed by atoms with Crippen molar-refractivity contribution in [3.05, 3.63) is 75.2 Å². The molecule has 1 aromatic heterocycles. The van der Waals surface area contributed by atoms with E-state index in [1.165, 1.54) is 30.4 Å². The summed E-state index contributed by atoms with van der Waals surface area (Å²) in [5.74, 6) is -0.152. The van der Waals surface area contributed by atoms with E-state index in [-0.39, 0.29) is 11.6 Å². The second kappa shape index (κ2) is 8.77. The first-order valence-electron chi connectivity index (χ1n) is 8.41. The molecule has 0 saturated carbocycles. The van der Waals surface area contributed by atoms with Gasteiger partial charge >= 0.3 is 0 Å². The van der Waals surface area contributed by atoms with E-state index >= 15 is 0 Å². The van der Waals surface area contributed by atoms with Gasteiger partial charge in [-0.1, -0.05) is 12.1 Å². The van der Waals surface area contributed by atoms with Crippen LogP contribution in [0.5, 0.6) is 0 Å². The lowest BCUT2D eigenvalue weighted by molar-refractivity contribution is -0.384. The fraction of sp³-hybridized carbons (Fsp3) is 0.0500. The number of nitriles is 1. The molecule has 29 heavy (non-hydrogen) atoms. The highest BCUT2D eigenvalue weighted by molar-refractivity contribution is 7.11. The summed E-state index contributed by atoms with van der Waals surface area (Å²) in [6.07, 6.45) is 1.55. The third-order valence-electron chi connectivity index (χ3n) is 3.80. The number of aromatic nitrogens is 1. The molecule has 0 aliphatic rings. The van der Waals surface area contributed by atoms with Crippen molar-refractivity contribution in [2.24, 2.45) is 0 Å². The van der Waals surface area contributed by atoms with E-state index in [1.54, 1.807) is 48.0 Å². The molecule has 2 N–H and O–H groups in total. The highest BCUT2D eigenvalue weighted by Gasteiger charge is 2.12. The standard InChI is InChI=1S/C20H15N5O3S/c1-13(26)23-17-7-5-16(6-8-17)22-11-15(10-21)20-24-19(12-29-20)14-3-2-4-18(9-14)25(27)28/h2-9,11-12,22H,1H3,(H,23,26)/b15-11-. The van der Waals surface area contributed by atoms with E-state index in [2.05, 4.69) is 21.7 Å². The van der Waals surface area contributed by atoms with Crippen molar-refractivity contribution in [2.45, 2.75) is 6.92 Å². The van der Waals surface area contributed by atoms with Crippen molar-refractivity contribution in [1.29, 1.82) is 5.26 Å². The summed E-state index contributed by atoms with van der Waals surface area (Å²) in [7, 11) is 0. The fourth-order valence-corrected chi connectivity index (χ4v) is 3.25. The van der Waals surface area contributed by atoms with Gasteiger partial charge in [0, 0.05) is 47.6 Å². The largest absolute Gasteiger partial charge is 0.360 e. The molecular formula is C20H15N5O3S. The first-order valence-corrected chi connectivity index (χ1v) is 9.29. The minimum Gasteiger partial charge on any atom is -0.360 e. The van der Waals surface area contributed by atoms with Gasteiger partial charge in [0.15, 0.2) is 0 Å². The number of carbonyl (C=O) groups excluding carboxylic acids is 1. The summed E-state index contributed by atoms with van der Waals surface area (Å²) in [6.45, 7) is 1.43. The van der Waals surface area contributed by atoms with Crippen LogP contribution in [0.1, 0.15) is 11.9 Å². The number of nitro groups is 1. The monoisotopic (exact) mass is 405 g/mol. The number of hydrogen-bond acceptors (Lipinski definition) is 7. The Morgan fingerprint density at radius 2 is 1.97 bits per heavy atom. The van der Waals surface area contributed by atoms with Gasteiger partial charge in [-0.15, -0.1) is 11.3 Å². The van der Waals surface area contributed by atoms with Gasteiger partial charge in [0.1, 0.15) is 16.6 Å². The Kier molecular flexibility index (Phi) is 5.97. The van der Waals surface area contributed by atoms with Crippen molar-refractivity contribution in [3.8, 4) is 17.3 Å². The molecule has 1 heterocycles. The summed E-state index contributed by atoms with van der Waals surface area (Å²) < 4.78 is 0. The molecule has 3 rings (SSSR count). The van der Waals surface area contributed by atoms with E-state index in [0.29, 0.717) is 27.5 Å². The minimum absolute atomic E-state index is 0.0162. The lowest BCUT2D eigenvalue weighted by Gasteiger charge is -2.04. The lowest BCUT2D eigenvalue weighted by Crippen LogP contribution is -2.05. The van der Waals surface area contributed by atoms with Crippen LogP contribution in [0, 0.1) is 21.4 Å². The molecule has 8 nitrogen and oxygen atoms in total. The summed E-state index contributed by atoms with van der Waals surface area (Å²) in [5, 5.41) is 28.4. The number of anilines is 2. The van der Waals surface area contributed by atoms with Gasteiger partial charge in [-0.05, 0) is 24.3 Å². The number of nitrogens with one attached hydrogen (secondary N) is 2. The van der Waals surface area contributed by atoms with E-state index in [1.807, 2.05) is 0 Å². The number of nitrogens with zero attached hydrogens (tertiary/aromatic N) is 3. The molecule has 2 aromatic carbocycles. The lowest BCUT2D eigenvalue weighted by atomic mass is 10.1. The zero-order valence-electron chi connectivity index (χ0n) is 15.2. The molecule has 144 valence electrons. The van der Waals surface area contributed by atoms with Crippen LogP contribution in [0.2, 0.25) is 0 Å². The molecule has 0 atom stereocenters. The number of thiazole rings is 1. The van der Waals surface area contributed by atoms with Gasteiger partial charge < -0.3 is 10.6 Å². The summed E-state index contributed by atoms with van der Waals surface area (Å²) in [4.78, 5) is 26.0. The molecule has 0 unspecified atom stereocenters. The van der Waals surface area contributed by atoms with Crippen LogP contribution < -0.4 is 10.6 Å². The Morgan fingerprint density at radius 1 is 1.24 bits per heavy atom. The molecule has 3 aromatic rings. The van der Waals surface area contributed by atoms with Crippen LogP contribution in [0.4, 0.5) is 17.1 Å². The van der Waals surface area contributed by atoms with E-state index in [9.17, 15) is 20.2 Å². The number of non-ortho nitro benzene ring substituents is 1. The van der Waals surface area contributed by atoms with Crippen LogP contribution in [-0.4, -0.2) is 15.8 Å². The third kappa shape index (κ3) is 5.03. The van der Waals surface area contributed by atoms with Crippen molar-refractivity contribution in [3.63, 3.8) is 0 Å². The maximum Gasteiger partial charge on any atom is 0.270 e. The van der Waals surface area contributed by atoms with Crippen LogP contribution in [0.3, 0.4) is 0 Å². The van der Waals surface area contributed by atoms with Crippen molar-refractivity contribution < 1.29 is 9.72 Å². The van der Waals surface area contributed by atoms with E-state index in [4.69, 9.17) is 0 Å². The van der Waals surface area contributed by atoms with Gasteiger partial charge in [-0.2, -0.15) is 5.26 Å². The van der Waals surface area contributed by atoms with E-state index in [0.717, 1.165) is 5.69 Å². The first-order chi connectivity index (χ1) is 14.0. The topological polar surface area (TPSA) is 121 Å². The number of allylic oxidation sites excluding steroid dienone is 1. The summed E-state index contributed by atoms with van der Waals surface area (Å²) >= 11 is 1.28. The van der Waals surface area contributed by atoms with E-state index < -0.39 is 4.92 Å². The average molecular weight is 405 g/mol. The molecule has 0 saturated heterocycles. The summed E-state index contributed by atoms with van der Waals surface area (Å²) in [5.41, 5.74) is 2.90. The molecular weight excluding hydrogens is 390 g/mol. The van der Waals surface area contributed by atoms with Gasteiger partial charge in [0.25, 0.3) is 5.69 Å². The van der Waals surface area contributed by atoms with Crippen molar-refractivity contribution >= 4 is 39.9 Å². The van der Waals surface area contributed by atoms with Crippen molar-refractivity contribution in [1.82, 2.24) is 4.98 Å². The Bertz CT molecular complexity index is 1130. The number of benzene rings is 2. The second-order valence-corrected chi connectivity index (χ2v) is 6.78. The Labute approximate surface area is 170 Å². The van der Waals surface area contributed by atoms with Crippen molar-refractivity contribution in [2.75, 3.05) is 10.6 Å². The molecule has 1 amide bonds. The fourth-order valence-electron chi connectivity index (χ4n) is 2.46. The number of rotatable bonds is 6. The predicted molar refractivity (Wildman–Crippen MR) is 112 cm³/mol. The quantitative estimate of drug-likeness (QED) is 0.350. The molecule has 0 radical (unpaired) electrons. The van der Waals surface area contributed by atoms with Gasteiger partial charge in [-0.25, -0.2) is 4.98 Å². The Hall–Kier alpha value is -4.03. The molecule has 0 aliphatic carbocycles. The smallest absolute Gasteiger partial charge is 0.270 e. The number of hydrogen-bond donors (Lipinski definition) is 2. The van der Waals surface area contributed by atoms with Crippen LogP contribution in [0.15, 0.2) is 60.1 Å². The normalized spacial score (nSPS) is 10.8. The predicted octanol–water partition coefficient (Wildman–Crippen LogP) is 4.65. The molecule has 9 heteroatoms. The molecule has 0 bridgehead atoms. The molecule has 0 fully saturated rings. The van der Waals surface area contributed by atoms with Crippen LogP contribution >= 0.6 is 11.3 Å². The Morgan fingerprint density at radius 3 is 2.62 bits per heavy atom. The number of carbonyl (C=O) groups is 1. The Balaban J connectivity index is 1.77. The maximum absolute atomic E-state index is 11.1. The first kappa shape index (κ1) is 19.7. The highest BCUT2D eigenvalue weighted by Crippen LogP contribution is 2.28. The van der Waals surface area contributed by atoms with Gasteiger partial charge in [-0.3, -0.25) is 14.9 Å². The third-order valence-corrected chi connectivity index (χ3v) is 4.67. The van der Waals surface area contributed by atoms with Crippen LogP contribution in [-0.2, 0) is 4.79 Å². The zero-order valence-corrected chi connectivity index (χ0v) is 16.1. The minimum atomic E-state index is -0.460. The van der Waals surface area contributed by atoms with Gasteiger partial charge in [0.05, 0.1) is 10.6 Å². The van der Waals surface area contributed by atoms with Crippen LogP contribution in [0.25, 0.3) is 16.8 Å². The number of nitro benzene ring substituents is 1. The summed E-state index contributed by atoms with van der Waals surface area (Å²) in [6, 6.07) is 15.3. The highest BCUT2D eigenvalue weighted by atomic mass is 32.1. The molecule has 0 aliphatic heterocycles. The number of amides is 1. The second-order valence-electron chi connectivity index (χ2n) is 5.92. The average Bonchev–Trinajstić information content (AvgIpc) is 3.19. The molecule has 0 spiro atoms. The van der Waals surface area contributed by atoms with Gasteiger partial charge in [0.2, 0.25) is 5.91 Å².